The molecule has 19 heavy (non-hydrogen) atoms. The van der Waals surface area contributed by atoms with Gasteiger partial charge in [-0.15, -0.1) is 0 Å². The van der Waals surface area contributed by atoms with Crippen molar-refractivity contribution in [3.8, 4) is 5.75 Å². The normalized spacial score (nSPS) is 10.2. The van der Waals surface area contributed by atoms with Gasteiger partial charge in [-0.05, 0) is 24.3 Å². The molecule has 0 spiro atoms. The van der Waals surface area contributed by atoms with Crippen LogP contribution in [0.3, 0.4) is 0 Å². The summed E-state index contributed by atoms with van der Waals surface area (Å²) in [5.41, 5.74) is 0.865. The summed E-state index contributed by atoms with van der Waals surface area (Å²) >= 11 is 5.82. The first-order chi connectivity index (χ1) is 9.24. The molecule has 2 rings (SSSR count). The van der Waals surface area contributed by atoms with Crippen LogP contribution in [0.2, 0.25) is 5.02 Å². The number of hydrogen-bond acceptors (Lipinski definition) is 3. The van der Waals surface area contributed by atoms with E-state index in [9.17, 15) is 4.79 Å². The van der Waals surface area contributed by atoms with Crippen molar-refractivity contribution >= 4 is 17.5 Å². The predicted octanol–water partition coefficient (Wildman–Crippen LogP) is 2.15. The molecule has 0 saturated heterocycles. The van der Waals surface area contributed by atoms with E-state index < -0.39 is 0 Å². The number of aromatic amines is 1. The van der Waals surface area contributed by atoms with Crippen LogP contribution in [0.25, 0.3) is 0 Å². The fourth-order valence-corrected chi connectivity index (χ4v) is 1.66. The molecule has 0 unspecified atom stereocenters. The summed E-state index contributed by atoms with van der Waals surface area (Å²) in [6.45, 7) is 0.755. The van der Waals surface area contributed by atoms with E-state index in [4.69, 9.17) is 16.3 Å². The first-order valence-electron chi connectivity index (χ1n) is 5.87. The summed E-state index contributed by atoms with van der Waals surface area (Å²) in [6.07, 6.45) is 1.93. The Balaban J connectivity index is 1.66. The molecule has 6 heteroatoms. The van der Waals surface area contributed by atoms with Gasteiger partial charge in [0.05, 0.1) is 25.3 Å². The lowest BCUT2D eigenvalue weighted by atomic mass is 10.3. The Kier molecular flexibility index (Phi) is 4.80. The van der Waals surface area contributed by atoms with Crippen LogP contribution >= 0.6 is 11.6 Å². The van der Waals surface area contributed by atoms with Gasteiger partial charge in [0.25, 0.3) is 0 Å². The highest BCUT2D eigenvalue weighted by Gasteiger charge is 2.03. The number of rotatable bonds is 6. The number of hydrogen-bond donors (Lipinski definition) is 2. The summed E-state index contributed by atoms with van der Waals surface area (Å²) in [6, 6.07) is 8.89. The number of benzene rings is 1. The number of carbonyl (C=O) groups excluding carboxylic acids is 1. The third-order valence-electron chi connectivity index (χ3n) is 2.43. The molecule has 1 aromatic heterocycles. The van der Waals surface area contributed by atoms with E-state index in [1.54, 1.807) is 30.5 Å². The fraction of sp³-hybridized carbons (Fsp3) is 0.231. The minimum Gasteiger partial charge on any atom is -0.493 e. The maximum Gasteiger partial charge on any atom is 0.223 e. The zero-order valence-electron chi connectivity index (χ0n) is 10.2. The number of nitrogens with one attached hydrogen (secondary N) is 2. The number of H-pyrrole nitrogens is 1. The van der Waals surface area contributed by atoms with Crippen molar-refractivity contribution < 1.29 is 9.53 Å². The van der Waals surface area contributed by atoms with E-state index in [2.05, 4.69) is 15.5 Å². The highest BCUT2D eigenvalue weighted by atomic mass is 35.5. The van der Waals surface area contributed by atoms with Gasteiger partial charge in [0.1, 0.15) is 5.75 Å². The molecule has 0 atom stereocenters. The first-order valence-corrected chi connectivity index (χ1v) is 6.25. The van der Waals surface area contributed by atoms with Crippen LogP contribution in [0, 0.1) is 0 Å². The molecule has 0 aliphatic rings. The van der Waals surface area contributed by atoms with Crippen LogP contribution in [0.5, 0.6) is 5.75 Å². The van der Waals surface area contributed by atoms with Crippen LogP contribution in [0.4, 0.5) is 0 Å². The zero-order valence-corrected chi connectivity index (χ0v) is 11.0. The van der Waals surface area contributed by atoms with E-state index in [0.717, 1.165) is 5.69 Å². The molecular formula is C13H14ClN3O2. The van der Waals surface area contributed by atoms with Gasteiger partial charge in [0.2, 0.25) is 5.91 Å². The fourth-order valence-electron chi connectivity index (χ4n) is 1.48. The number of nitrogens with zero attached hydrogens (tertiary/aromatic N) is 1. The molecule has 0 radical (unpaired) electrons. The van der Waals surface area contributed by atoms with E-state index in [1.165, 1.54) is 0 Å². The zero-order chi connectivity index (χ0) is 13.5. The molecule has 5 nitrogen and oxygen atoms in total. The number of ether oxygens (including phenoxy) is 1. The van der Waals surface area contributed by atoms with E-state index >= 15 is 0 Å². The standard InChI is InChI=1S/C13H14ClN3O2/c14-10-2-1-3-12(8-10)19-7-5-13(18)15-9-11-4-6-16-17-11/h1-4,6,8H,5,7,9H2,(H,15,18)(H,16,17). The molecule has 2 N–H and O–H groups in total. The lowest BCUT2D eigenvalue weighted by Gasteiger charge is -2.06. The Hall–Kier alpha value is -2.01. The van der Waals surface area contributed by atoms with Crippen LogP contribution in [0.15, 0.2) is 36.5 Å². The Morgan fingerprint density at radius 2 is 2.32 bits per heavy atom. The molecule has 0 saturated carbocycles. The summed E-state index contributed by atoms with van der Waals surface area (Å²) < 4.78 is 5.43. The van der Waals surface area contributed by atoms with Gasteiger partial charge >= 0.3 is 0 Å². The molecular weight excluding hydrogens is 266 g/mol. The van der Waals surface area contributed by atoms with E-state index in [1.807, 2.05) is 6.07 Å². The Labute approximate surface area is 115 Å². The Morgan fingerprint density at radius 3 is 3.05 bits per heavy atom. The van der Waals surface area contributed by atoms with Crippen molar-refractivity contribution in [3.05, 3.63) is 47.2 Å². The minimum atomic E-state index is -0.0726. The molecule has 0 aliphatic heterocycles. The van der Waals surface area contributed by atoms with E-state index in [0.29, 0.717) is 30.3 Å². The predicted molar refractivity (Wildman–Crippen MR) is 72.0 cm³/mol. The second kappa shape index (κ2) is 6.80. The summed E-state index contributed by atoms with van der Waals surface area (Å²) in [4.78, 5) is 11.5. The third-order valence-corrected chi connectivity index (χ3v) is 2.66. The molecule has 0 bridgehead atoms. The smallest absolute Gasteiger partial charge is 0.223 e. The van der Waals surface area contributed by atoms with Crippen LogP contribution in [-0.2, 0) is 11.3 Å². The van der Waals surface area contributed by atoms with Gasteiger partial charge in [-0.3, -0.25) is 9.89 Å². The summed E-state index contributed by atoms with van der Waals surface area (Å²) in [5.74, 6) is 0.588. The quantitative estimate of drug-likeness (QED) is 0.851. The monoisotopic (exact) mass is 279 g/mol. The van der Waals surface area contributed by atoms with Gasteiger partial charge in [-0.2, -0.15) is 5.10 Å². The molecule has 2 aromatic rings. The van der Waals surface area contributed by atoms with Crippen LogP contribution in [0.1, 0.15) is 12.1 Å². The highest BCUT2D eigenvalue weighted by Crippen LogP contribution is 2.17. The molecule has 0 fully saturated rings. The van der Waals surface area contributed by atoms with Gasteiger partial charge < -0.3 is 10.1 Å². The topological polar surface area (TPSA) is 67.0 Å². The molecule has 1 amide bonds. The second-order valence-corrected chi connectivity index (χ2v) is 4.35. The third kappa shape index (κ3) is 4.63. The number of carbonyl (C=O) groups is 1. The first kappa shape index (κ1) is 13.4. The van der Waals surface area contributed by atoms with Crippen molar-refractivity contribution in [2.24, 2.45) is 0 Å². The van der Waals surface area contributed by atoms with Crippen molar-refractivity contribution in [2.45, 2.75) is 13.0 Å². The van der Waals surface area contributed by atoms with E-state index in [-0.39, 0.29) is 5.91 Å². The maximum absolute atomic E-state index is 11.5. The van der Waals surface area contributed by atoms with Crippen molar-refractivity contribution in [1.29, 1.82) is 0 Å². The summed E-state index contributed by atoms with van der Waals surface area (Å²) in [5, 5.41) is 9.95. The SMILES string of the molecule is O=C(CCOc1cccc(Cl)c1)NCc1ccn[nH]1. The molecule has 0 aliphatic carbocycles. The maximum atomic E-state index is 11.5. The van der Waals surface area contributed by atoms with Crippen LogP contribution < -0.4 is 10.1 Å². The van der Waals surface area contributed by atoms with Crippen molar-refractivity contribution in [3.63, 3.8) is 0 Å². The minimum absolute atomic E-state index is 0.0726. The average Bonchev–Trinajstić information content (AvgIpc) is 2.89. The number of halogens is 1. The molecule has 1 heterocycles. The summed E-state index contributed by atoms with van der Waals surface area (Å²) in [7, 11) is 0. The average molecular weight is 280 g/mol. The lowest BCUT2D eigenvalue weighted by molar-refractivity contribution is -0.121. The molecule has 1 aromatic carbocycles. The van der Waals surface area contributed by atoms with Gasteiger partial charge in [0, 0.05) is 11.2 Å². The second-order valence-electron chi connectivity index (χ2n) is 3.91. The molecule has 100 valence electrons. The van der Waals surface area contributed by atoms with Gasteiger partial charge in [-0.1, -0.05) is 17.7 Å². The largest absolute Gasteiger partial charge is 0.493 e. The lowest BCUT2D eigenvalue weighted by Crippen LogP contribution is -2.24. The number of amides is 1. The van der Waals surface area contributed by atoms with Crippen molar-refractivity contribution in [1.82, 2.24) is 15.5 Å². The Bertz CT molecular complexity index is 528. The Morgan fingerprint density at radius 1 is 1.42 bits per heavy atom. The van der Waals surface area contributed by atoms with Gasteiger partial charge in [0.15, 0.2) is 0 Å². The van der Waals surface area contributed by atoms with Crippen molar-refractivity contribution in [2.75, 3.05) is 6.61 Å². The van der Waals surface area contributed by atoms with Crippen LogP contribution in [-0.4, -0.2) is 22.7 Å². The highest BCUT2D eigenvalue weighted by molar-refractivity contribution is 6.30. The number of aromatic nitrogens is 2. The van der Waals surface area contributed by atoms with Gasteiger partial charge in [-0.25, -0.2) is 0 Å².